The van der Waals surface area contributed by atoms with E-state index in [2.05, 4.69) is 5.10 Å². The second kappa shape index (κ2) is 3.55. The summed E-state index contributed by atoms with van der Waals surface area (Å²) >= 11 is 0. The number of hydrogen-bond acceptors (Lipinski definition) is 3. The summed E-state index contributed by atoms with van der Waals surface area (Å²) in [6, 6.07) is 2.74. The Morgan fingerprint density at radius 3 is 3.00 bits per heavy atom. The Kier molecular flexibility index (Phi) is 2.14. The van der Waals surface area contributed by atoms with Gasteiger partial charge in [0, 0.05) is 13.2 Å². The van der Waals surface area contributed by atoms with Crippen LogP contribution in [-0.2, 0) is 11.8 Å². The number of halogens is 1. The van der Waals surface area contributed by atoms with E-state index in [4.69, 9.17) is 4.74 Å². The van der Waals surface area contributed by atoms with E-state index in [1.807, 2.05) is 0 Å². The van der Waals surface area contributed by atoms with Crippen molar-refractivity contribution in [2.45, 2.75) is 12.8 Å². The molecule has 0 spiro atoms. The average molecular weight is 234 g/mol. The summed E-state index contributed by atoms with van der Waals surface area (Å²) < 4.78 is 20.2. The van der Waals surface area contributed by atoms with Gasteiger partial charge in [0.1, 0.15) is 11.3 Å². The standard InChI is InChI=1S/C12H11FN2O2/c1-15-6-8-10(17-12(16)7-2-3-7)5-4-9(13)11(8)14-15/h4-7H,2-3H2,1H3. The van der Waals surface area contributed by atoms with Gasteiger partial charge in [0.2, 0.25) is 0 Å². The van der Waals surface area contributed by atoms with Crippen LogP contribution in [-0.4, -0.2) is 15.7 Å². The Morgan fingerprint density at radius 1 is 1.53 bits per heavy atom. The Bertz CT molecular complexity index is 602. The van der Waals surface area contributed by atoms with E-state index in [9.17, 15) is 9.18 Å². The van der Waals surface area contributed by atoms with Crippen molar-refractivity contribution in [3.63, 3.8) is 0 Å². The van der Waals surface area contributed by atoms with E-state index in [0.717, 1.165) is 12.8 Å². The van der Waals surface area contributed by atoms with Crippen LogP contribution in [0.4, 0.5) is 4.39 Å². The van der Waals surface area contributed by atoms with Crippen LogP contribution in [0.5, 0.6) is 5.75 Å². The predicted molar refractivity (Wildman–Crippen MR) is 59.0 cm³/mol. The highest BCUT2D eigenvalue weighted by molar-refractivity contribution is 5.88. The minimum atomic E-state index is -0.410. The molecule has 1 aromatic heterocycles. The molecule has 1 aliphatic rings. The summed E-state index contributed by atoms with van der Waals surface area (Å²) in [4.78, 5) is 11.6. The topological polar surface area (TPSA) is 44.1 Å². The molecule has 17 heavy (non-hydrogen) atoms. The fraction of sp³-hybridized carbons (Fsp3) is 0.333. The summed E-state index contributed by atoms with van der Waals surface area (Å²) in [5, 5.41) is 4.52. The Morgan fingerprint density at radius 2 is 2.29 bits per heavy atom. The number of carbonyl (C=O) groups excluding carboxylic acids is 1. The predicted octanol–water partition coefficient (Wildman–Crippen LogP) is 2.03. The lowest BCUT2D eigenvalue weighted by Gasteiger charge is -2.04. The van der Waals surface area contributed by atoms with Gasteiger partial charge in [0.25, 0.3) is 0 Å². The van der Waals surface area contributed by atoms with Crippen LogP contribution in [0.25, 0.3) is 10.9 Å². The lowest BCUT2D eigenvalue weighted by atomic mass is 10.2. The fourth-order valence-corrected chi connectivity index (χ4v) is 1.76. The number of nitrogens with zero attached hydrogens (tertiary/aromatic N) is 2. The normalized spacial score (nSPS) is 15.2. The van der Waals surface area contributed by atoms with Gasteiger partial charge in [-0.25, -0.2) is 4.39 Å². The zero-order chi connectivity index (χ0) is 12.0. The summed E-state index contributed by atoms with van der Waals surface area (Å²) in [6.07, 6.45) is 3.42. The average Bonchev–Trinajstić information content (AvgIpc) is 3.05. The van der Waals surface area contributed by atoms with Crippen LogP contribution in [0.1, 0.15) is 12.8 Å². The second-order valence-corrected chi connectivity index (χ2v) is 4.31. The molecule has 2 aromatic rings. The summed E-state index contributed by atoms with van der Waals surface area (Å²) in [5.41, 5.74) is 0.230. The molecular weight excluding hydrogens is 223 g/mol. The van der Waals surface area contributed by atoms with Crippen molar-refractivity contribution in [2.75, 3.05) is 0 Å². The SMILES string of the molecule is Cn1cc2c(OC(=O)C3CC3)ccc(F)c2n1. The van der Waals surface area contributed by atoms with Gasteiger partial charge in [-0.15, -0.1) is 0 Å². The van der Waals surface area contributed by atoms with Crippen molar-refractivity contribution in [1.82, 2.24) is 9.78 Å². The molecule has 0 N–H and O–H groups in total. The van der Waals surface area contributed by atoms with Crippen LogP contribution in [0.15, 0.2) is 18.3 Å². The molecule has 1 fully saturated rings. The van der Waals surface area contributed by atoms with Gasteiger partial charge in [-0.05, 0) is 25.0 Å². The first-order chi connectivity index (χ1) is 8.15. The van der Waals surface area contributed by atoms with Gasteiger partial charge in [-0.1, -0.05) is 0 Å². The molecule has 1 saturated carbocycles. The Labute approximate surface area is 97.0 Å². The fourth-order valence-electron chi connectivity index (χ4n) is 1.76. The largest absolute Gasteiger partial charge is 0.426 e. The molecule has 0 atom stereocenters. The lowest BCUT2D eigenvalue weighted by molar-refractivity contribution is -0.135. The van der Waals surface area contributed by atoms with Crippen molar-refractivity contribution >= 4 is 16.9 Å². The van der Waals surface area contributed by atoms with Crippen molar-refractivity contribution < 1.29 is 13.9 Å². The third-order valence-corrected chi connectivity index (χ3v) is 2.82. The molecule has 5 heteroatoms. The molecule has 1 aromatic carbocycles. The molecule has 0 saturated heterocycles. The first-order valence-electron chi connectivity index (χ1n) is 5.48. The second-order valence-electron chi connectivity index (χ2n) is 4.31. The first kappa shape index (κ1) is 10.3. The maximum atomic E-state index is 13.5. The van der Waals surface area contributed by atoms with E-state index >= 15 is 0 Å². The van der Waals surface area contributed by atoms with Crippen molar-refractivity contribution in [2.24, 2.45) is 13.0 Å². The molecule has 0 amide bonds. The number of aromatic nitrogens is 2. The third-order valence-electron chi connectivity index (χ3n) is 2.82. The zero-order valence-corrected chi connectivity index (χ0v) is 9.31. The maximum absolute atomic E-state index is 13.5. The van der Waals surface area contributed by atoms with Gasteiger partial charge in [-0.3, -0.25) is 9.48 Å². The zero-order valence-electron chi connectivity index (χ0n) is 9.31. The van der Waals surface area contributed by atoms with Crippen molar-refractivity contribution in [3.05, 3.63) is 24.1 Å². The number of esters is 1. The molecule has 4 nitrogen and oxygen atoms in total. The highest BCUT2D eigenvalue weighted by Crippen LogP contribution is 2.33. The minimum absolute atomic E-state index is 0.0202. The highest BCUT2D eigenvalue weighted by atomic mass is 19.1. The molecule has 0 radical (unpaired) electrons. The van der Waals surface area contributed by atoms with Crippen molar-refractivity contribution in [1.29, 1.82) is 0 Å². The van der Waals surface area contributed by atoms with Crippen molar-refractivity contribution in [3.8, 4) is 5.75 Å². The lowest BCUT2D eigenvalue weighted by Crippen LogP contribution is -2.09. The van der Waals surface area contributed by atoms with Crippen LogP contribution in [0, 0.1) is 11.7 Å². The summed E-state index contributed by atoms with van der Waals surface area (Å²) in [5.74, 6) is -0.244. The molecule has 0 unspecified atom stereocenters. The molecule has 1 heterocycles. The van der Waals surface area contributed by atoms with E-state index in [1.165, 1.54) is 16.8 Å². The molecule has 0 bridgehead atoms. The third kappa shape index (κ3) is 1.77. The maximum Gasteiger partial charge on any atom is 0.314 e. The first-order valence-corrected chi connectivity index (χ1v) is 5.48. The molecule has 1 aliphatic carbocycles. The summed E-state index contributed by atoms with van der Waals surface area (Å²) in [6.45, 7) is 0. The van der Waals surface area contributed by atoms with Gasteiger partial charge in [-0.2, -0.15) is 5.10 Å². The van der Waals surface area contributed by atoms with Crippen LogP contribution in [0.2, 0.25) is 0 Å². The molecule has 88 valence electrons. The monoisotopic (exact) mass is 234 g/mol. The van der Waals surface area contributed by atoms with E-state index in [1.54, 1.807) is 13.2 Å². The molecule has 0 aliphatic heterocycles. The Hall–Kier alpha value is -1.91. The number of ether oxygens (including phenoxy) is 1. The van der Waals surface area contributed by atoms with Crippen LogP contribution in [0.3, 0.4) is 0 Å². The van der Waals surface area contributed by atoms with E-state index in [0.29, 0.717) is 11.1 Å². The molecule has 3 rings (SSSR count). The Balaban J connectivity index is 2.03. The van der Waals surface area contributed by atoms with Crippen LogP contribution < -0.4 is 4.74 Å². The van der Waals surface area contributed by atoms with Gasteiger partial charge >= 0.3 is 5.97 Å². The quantitative estimate of drug-likeness (QED) is 0.590. The van der Waals surface area contributed by atoms with E-state index in [-0.39, 0.29) is 17.4 Å². The molecular formula is C12H11FN2O2. The smallest absolute Gasteiger partial charge is 0.314 e. The van der Waals surface area contributed by atoms with Gasteiger partial charge < -0.3 is 4.74 Å². The van der Waals surface area contributed by atoms with Gasteiger partial charge in [0.05, 0.1) is 11.3 Å². The number of rotatable bonds is 2. The van der Waals surface area contributed by atoms with E-state index < -0.39 is 5.82 Å². The highest BCUT2D eigenvalue weighted by Gasteiger charge is 2.32. The number of fused-ring (bicyclic) bond motifs is 1. The van der Waals surface area contributed by atoms with Crippen LogP contribution >= 0.6 is 0 Å². The number of carbonyl (C=O) groups is 1. The van der Waals surface area contributed by atoms with Gasteiger partial charge in [0.15, 0.2) is 5.82 Å². The number of aryl methyl sites for hydroxylation is 1. The number of benzene rings is 1. The number of hydrogen-bond donors (Lipinski definition) is 0. The summed E-state index contributed by atoms with van der Waals surface area (Å²) in [7, 11) is 1.70. The minimum Gasteiger partial charge on any atom is -0.426 e.